The maximum Gasteiger partial charge on any atom is 0.338 e. The van der Waals surface area contributed by atoms with Crippen LogP contribution in [0.5, 0.6) is 0 Å². The highest BCUT2D eigenvalue weighted by molar-refractivity contribution is 7.99. The smallest absolute Gasteiger partial charge is 0.338 e. The van der Waals surface area contributed by atoms with Gasteiger partial charge in [0.15, 0.2) is 0 Å². The maximum atomic E-state index is 11.4. The molecule has 1 atom stereocenters. The SMILES string of the molecule is Cc1cc(C)c(C(=O)O)c(SCC(O)CC2CCCC2)n1. The highest BCUT2D eigenvalue weighted by Crippen LogP contribution is 2.31. The summed E-state index contributed by atoms with van der Waals surface area (Å²) in [5.74, 6) is 0.187. The number of carboxylic acids is 1. The van der Waals surface area contributed by atoms with Crippen LogP contribution in [-0.2, 0) is 0 Å². The lowest BCUT2D eigenvalue weighted by Crippen LogP contribution is -2.15. The molecule has 1 unspecified atom stereocenters. The Kier molecular flexibility index (Phi) is 5.65. The lowest BCUT2D eigenvalue weighted by Gasteiger charge is -2.16. The Morgan fingerprint density at radius 3 is 2.71 bits per heavy atom. The van der Waals surface area contributed by atoms with Crippen molar-refractivity contribution in [3.63, 3.8) is 0 Å². The number of pyridine rings is 1. The molecule has 4 nitrogen and oxygen atoms in total. The van der Waals surface area contributed by atoms with Gasteiger partial charge in [-0.1, -0.05) is 25.7 Å². The molecule has 0 radical (unpaired) electrons. The Hall–Kier alpha value is -1.07. The van der Waals surface area contributed by atoms with E-state index >= 15 is 0 Å². The number of aliphatic hydroxyl groups excluding tert-OH is 1. The van der Waals surface area contributed by atoms with Gasteiger partial charge >= 0.3 is 5.97 Å². The summed E-state index contributed by atoms with van der Waals surface area (Å²) < 4.78 is 0. The maximum absolute atomic E-state index is 11.4. The van der Waals surface area contributed by atoms with E-state index in [1.165, 1.54) is 37.4 Å². The molecule has 1 aliphatic rings. The number of aliphatic hydroxyl groups is 1. The van der Waals surface area contributed by atoms with Gasteiger partial charge in [-0.25, -0.2) is 9.78 Å². The van der Waals surface area contributed by atoms with Gasteiger partial charge in [0.25, 0.3) is 0 Å². The summed E-state index contributed by atoms with van der Waals surface area (Å²) in [5, 5.41) is 20.0. The third-order valence-corrected chi connectivity index (χ3v) is 5.14. The average molecular weight is 309 g/mol. The molecule has 1 aliphatic carbocycles. The van der Waals surface area contributed by atoms with Crippen LogP contribution in [0.1, 0.15) is 53.7 Å². The van der Waals surface area contributed by atoms with E-state index in [0.29, 0.717) is 16.7 Å². The number of rotatable bonds is 6. The quantitative estimate of drug-likeness (QED) is 0.788. The van der Waals surface area contributed by atoms with Gasteiger partial charge in [-0.05, 0) is 37.8 Å². The molecule has 0 saturated heterocycles. The number of thioether (sulfide) groups is 1. The van der Waals surface area contributed by atoms with Crippen LogP contribution >= 0.6 is 11.8 Å². The first-order valence-corrected chi connectivity index (χ1v) is 8.48. The van der Waals surface area contributed by atoms with Gasteiger partial charge in [0, 0.05) is 11.4 Å². The van der Waals surface area contributed by atoms with Crippen LogP contribution < -0.4 is 0 Å². The zero-order chi connectivity index (χ0) is 15.4. The van der Waals surface area contributed by atoms with Crippen molar-refractivity contribution in [3.8, 4) is 0 Å². The Morgan fingerprint density at radius 1 is 1.43 bits per heavy atom. The van der Waals surface area contributed by atoms with Crippen molar-refractivity contribution in [1.82, 2.24) is 4.98 Å². The topological polar surface area (TPSA) is 70.4 Å². The number of aromatic carboxylic acids is 1. The first-order valence-electron chi connectivity index (χ1n) is 7.49. The fourth-order valence-electron chi connectivity index (χ4n) is 3.04. The summed E-state index contributed by atoms with van der Waals surface area (Å²) in [6.07, 6.45) is 5.40. The predicted octanol–water partition coefficient (Wildman–Crippen LogP) is 3.43. The number of carbonyl (C=O) groups is 1. The Bertz CT molecular complexity index is 512. The Balaban J connectivity index is 2.00. The molecule has 2 N–H and O–H groups in total. The van der Waals surface area contributed by atoms with Crippen LogP contribution in [-0.4, -0.2) is 33.0 Å². The molecule has 2 rings (SSSR count). The highest BCUT2D eigenvalue weighted by Gasteiger charge is 2.21. The summed E-state index contributed by atoms with van der Waals surface area (Å²) in [7, 11) is 0. The lowest BCUT2D eigenvalue weighted by molar-refractivity contribution is 0.0691. The van der Waals surface area contributed by atoms with Crippen LogP contribution in [0, 0.1) is 19.8 Å². The van der Waals surface area contributed by atoms with E-state index in [4.69, 9.17) is 0 Å². The second-order valence-corrected chi connectivity index (χ2v) is 6.93. The van der Waals surface area contributed by atoms with Gasteiger partial charge in [-0.2, -0.15) is 0 Å². The monoisotopic (exact) mass is 309 g/mol. The van der Waals surface area contributed by atoms with Crippen LogP contribution in [0.25, 0.3) is 0 Å². The predicted molar refractivity (Wildman–Crippen MR) is 84.0 cm³/mol. The Labute approximate surface area is 130 Å². The third kappa shape index (κ3) is 4.45. The van der Waals surface area contributed by atoms with Gasteiger partial charge in [-0.3, -0.25) is 0 Å². The van der Waals surface area contributed by atoms with Gasteiger partial charge in [0.1, 0.15) is 5.03 Å². The number of carboxylic acid groups (broad SMARTS) is 1. The van der Waals surface area contributed by atoms with Crippen LogP contribution in [0.4, 0.5) is 0 Å². The van der Waals surface area contributed by atoms with Crippen molar-refractivity contribution >= 4 is 17.7 Å². The molecule has 1 fully saturated rings. The number of nitrogens with zero attached hydrogens (tertiary/aromatic N) is 1. The zero-order valence-corrected chi connectivity index (χ0v) is 13.4. The fourth-order valence-corrected chi connectivity index (χ4v) is 4.13. The molecule has 116 valence electrons. The van der Waals surface area contributed by atoms with E-state index in [0.717, 1.165) is 17.7 Å². The highest BCUT2D eigenvalue weighted by atomic mass is 32.2. The van der Waals surface area contributed by atoms with Gasteiger partial charge in [0.05, 0.1) is 11.7 Å². The molecule has 0 bridgehead atoms. The van der Waals surface area contributed by atoms with Crippen molar-refractivity contribution in [2.45, 2.75) is 57.1 Å². The number of aryl methyl sites for hydroxylation is 2. The second-order valence-electron chi connectivity index (χ2n) is 5.92. The van der Waals surface area contributed by atoms with E-state index in [-0.39, 0.29) is 11.7 Å². The van der Waals surface area contributed by atoms with E-state index < -0.39 is 5.97 Å². The van der Waals surface area contributed by atoms with Crippen LogP contribution in [0.15, 0.2) is 11.1 Å². The molecule has 21 heavy (non-hydrogen) atoms. The van der Waals surface area contributed by atoms with Crippen molar-refractivity contribution in [3.05, 3.63) is 22.9 Å². The van der Waals surface area contributed by atoms with Crippen LogP contribution in [0.2, 0.25) is 0 Å². The first kappa shape index (κ1) is 16.3. The molecule has 1 saturated carbocycles. The lowest BCUT2D eigenvalue weighted by atomic mass is 10.0. The standard InChI is InChI=1S/C16H23NO3S/c1-10-7-11(2)17-15(14(10)16(19)20)21-9-13(18)8-12-5-3-4-6-12/h7,12-13,18H,3-6,8-9H2,1-2H3,(H,19,20). The third-order valence-electron chi connectivity index (χ3n) is 4.02. The molecule has 0 spiro atoms. The van der Waals surface area contributed by atoms with Crippen molar-refractivity contribution in [2.24, 2.45) is 5.92 Å². The number of hydrogen-bond donors (Lipinski definition) is 2. The Morgan fingerprint density at radius 2 is 2.10 bits per heavy atom. The minimum atomic E-state index is -0.951. The summed E-state index contributed by atoms with van der Waals surface area (Å²) in [6, 6.07) is 1.78. The minimum absolute atomic E-state index is 0.263. The molecule has 0 aliphatic heterocycles. The second kappa shape index (κ2) is 7.27. The van der Waals surface area contributed by atoms with Crippen molar-refractivity contribution in [1.29, 1.82) is 0 Å². The first-order chi connectivity index (χ1) is 9.97. The van der Waals surface area contributed by atoms with E-state index in [9.17, 15) is 15.0 Å². The molecular weight excluding hydrogens is 286 g/mol. The van der Waals surface area contributed by atoms with Gasteiger partial charge < -0.3 is 10.2 Å². The number of aromatic nitrogens is 1. The minimum Gasteiger partial charge on any atom is -0.478 e. The average Bonchev–Trinajstić information content (AvgIpc) is 2.87. The van der Waals surface area contributed by atoms with Crippen molar-refractivity contribution < 1.29 is 15.0 Å². The summed E-state index contributed by atoms with van der Waals surface area (Å²) in [5.41, 5.74) is 1.80. The molecule has 5 heteroatoms. The van der Waals surface area contributed by atoms with Gasteiger partial charge in [-0.15, -0.1) is 11.8 Å². The molecule has 1 heterocycles. The van der Waals surface area contributed by atoms with E-state index in [2.05, 4.69) is 4.98 Å². The van der Waals surface area contributed by atoms with E-state index in [1.807, 2.05) is 6.92 Å². The molecule has 1 aromatic rings. The molecule has 0 aromatic carbocycles. The molecule has 0 amide bonds. The summed E-state index contributed by atoms with van der Waals surface area (Å²) in [6.45, 7) is 3.65. The van der Waals surface area contributed by atoms with Crippen molar-refractivity contribution in [2.75, 3.05) is 5.75 Å². The van der Waals surface area contributed by atoms with E-state index in [1.54, 1.807) is 13.0 Å². The molecular formula is C16H23NO3S. The summed E-state index contributed by atoms with van der Waals surface area (Å²) >= 11 is 1.35. The largest absolute Gasteiger partial charge is 0.478 e. The zero-order valence-electron chi connectivity index (χ0n) is 12.6. The van der Waals surface area contributed by atoms with Gasteiger partial charge in [0.2, 0.25) is 0 Å². The number of hydrogen-bond acceptors (Lipinski definition) is 4. The molecule has 1 aromatic heterocycles. The normalized spacial score (nSPS) is 17.1. The summed E-state index contributed by atoms with van der Waals surface area (Å²) in [4.78, 5) is 15.7. The van der Waals surface area contributed by atoms with Crippen LogP contribution in [0.3, 0.4) is 0 Å². The fraction of sp³-hybridized carbons (Fsp3) is 0.625.